The number of amides is 1. The quantitative estimate of drug-likeness (QED) is 0.638. The Balaban J connectivity index is 2.06. The van der Waals surface area contributed by atoms with Gasteiger partial charge in [0.25, 0.3) is 5.91 Å². The maximum Gasteiger partial charge on any atom is 0.272 e. The van der Waals surface area contributed by atoms with E-state index in [4.69, 9.17) is 23.2 Å². The van der Waals surface area contributed by atoms with Crippen LogP contribution in [0.5, 0.6) is 0 Å². The van der Waals surface area contributed by atoms with Crippen LogP contribution in [0.4, 0.5) is 10.1 Å². The van der Waals surface area contributed by atoms with Gasteiger partial charge in [-0.3, -0.25) is 4.79 Å². The van der Waals surface area contributed by atoms with Crippen molar-refractivity contribution in [2.45, 2.75) is 20.4 Å². The van der Waals surface area contributed by atoms with Gasteiger partial charge in [0.15, 0.2) is 0 Å². The van der Waals surface area contributed by atoms with Gasteiger partial charge in [-0.05, 0) is 55.8 Å². The first-order valence-electron chi connectivity index (χ1n) is 7.47. The summed E-state index contributed by atoms with van der Waals surface area (Å²) < 4.78 is 15.2. The van der Waals surface area contributed by atoms with Crippen molar-refractivity contribution in [3.8, 4) is 0 Å². The molecular formula is C18H15Cl2FN2O. The Kier molecular flexibility index (Phi) is 4.52. The monoisotopic (exact) mass is 364 g/mol. The lowest BCUT2D eigenvalue weighted by Crippen LogP contribution is -2.17. The molecule has 3 rings (SSSR count). The summed E-state index contributed by atoms with van der Waals surface area (Å²) in [6.07, 6.45) is 0. The summed E-state index contributed by atoms with van der Waals surface area (Å²) in [4.78, 5) is 12.8. The van der Waals surface area contributed by atoms with E-state index < -0.39 is 5.82 Å². The van der Waals surface area contributed by atoms with Crippen molar-refractivity contribution in [2.24, 2.45) is 0 Å². The second-order valence-electron chi connectivity index (χ2n) is 5.46. The molecule has 0 saturated carbocycles. The van der Waals surface area contributed by atoms with E-state index in [2.05, 4.69) is 5.32 Å². The molecule has 0 atom stereocenters. The summed E-state index contributed by atoms with van der Waals surface area (Å²) in [5, 5.41) is 4.30. The minimum Gasteiger partial charge on any atom is -0.337 e. The number of benzene rings is 2. The van der Waals surface area contributed by atoms with Crippen LogP contribution in [0.1, 0.15) is 23.0 Å². The minimum atomic E-state index is -0.525. The summed E-state index contributed by atoms with van der Waals surface area (Å²) in [7, 11) is 0. The number of nitrogens with zero attached hydrogens (tertiary/aromatic N) is 1. The highest BCUT2D eigenvalue weighted by atomic mass is 35.5. The van der Waals surface area contributed by atoms with Gasteiger partial charge >= 0.3 is 0 Å². The molecule has 0 spiro atoms. The molecule has 6 heteroatoms. The van der Waals surface area contributed by atoms with Gasteiger partial charge < -0.3 is 9.88 Å². The van der Waals surface area contributed by atoms with Gasteiger partial charge in [-0.25, -0.2) is 4.39 Å². The molecule has 0 fully saturated rings. The lowest BCUT2D eigenvalue weighted by molar-refractivity contribution is 0.101. The second kappa shape index (κ2) is 6.46. The van der Waals surface area contributed by atoms with Crippen LogP contribution in [-0.4, -0.2) is 10.5 Å². The molecular weight excluding hydrogens is 350 g/mol. The van der Waals surface area contributed by atoms with Crippen molar-refractivity contribution in [3.63, 3.8) is 0 Å². The second-order valence-corrected chi connectivity index (χ2v) is 6.31. The van der Waals surface area contributed by atoms with Crippen LogP contribution in [0.15, 0.2) is 36.4 Å². The lowest BCUT2D eigenvalue weighted by Gasteiger charge is -2.10. The number of carbonyl (C=O) groups is 1. The third-order valence-corrected chi connectivity index (χ3v) is 4.51. The number of fused-ring (bicyclic) bond motifs is 1. The number of aromatic nitrogens is 1. The van der Waals surface area contributed by atoms with Crippen LogP contribution < -0.4 is 5.32 Å². The average molecular weight is 365 g/mol. The van der Waals surface area contributed by atoms with Gasteiger partial charge in [0.05, 0.1) is 5.02 Å². The number of rotatable bonds is 3. The molecule has 3 aromatic rings. The molecule has 0 aliphatic heterocycles. The summed E-state index contributed by atoms with van der Waals surface area (Å²) in [6.45, 7) is 4.50. The normalized spacial score (nSPS) is 11.0. The van der Waals surface area contributed by atoms with Crippen molar-refractivity contribution in [1.82, 2.24) is 4.57 Å². The zero-order valence-corrected chi connectivity index (χ0v) is 14.7. The third kappa shape index (κ3) is 2.87. The number of nitrogens with one attached hydrogen (secondary N) is 1. The molecule has 1 heterocycles. The van der Waals surface area contributed by atoms with Crippen LogP contribution in [0, 0.1) is 12.7 Å². The van der Waals surface area contributed by atoms with Crippen molar-refractivity contribution in [3.05, 3.63) is 63.5 Å². The summed E-state index contributed by atoms with van der Waals surface area (Å²) in [5.74, 6) is -0.799. The summed E-state index contributed by atoms with van der Waals surface area (Å²) in [6, 6.07) is 9.64. The molecule has 0 aliphatic carbocycles. The van der Waals surface area contributed by atoms with Crippen LogP contribution in [-0.2, 0) is 6.54 Å². The Morgan fingerprint density at radius 1 is 1.21 bits per heavy atom. The number of hydrogen-bond donors (Lipinski definition) is 1. The highest BCUT2D eigenvalue weighted by Gasteiger charge is 2.20. The lowest BCUT2D eigenvalue weighted by atomic mass is 10.1. The Labute approximate surface area is 149 Å². The SMILES string of the molecule is CCn1c(C(=O)Nc2ccc(F)c(Cl)c2)c(C)c2cc(Cl)ccc21. The van der Waals surface area contributed by atoms with Gasteiger partial charge in [-0.1, -0.05) is 23.2 Å². The minimum absolute atomic E-state index is 0.0349. The first kappa shape index (κ1) is 16.8. The molecule has 1 aromatic heterocycles. The molecule has 0 aliphatic rings. The predicted molar refractivity (Wildman–Crippen MR) is 96.7 cm³/mol. The van der Waals surface area contributed by atoms with Crippen molar-refractivity contribution < 1.29 is 9.18 Å². The summed E-state index contributed by atoms with van der Waals surface area (Å²) in [5.41, 5.74) is 2.79. The molecule has 1 N–H and O–H groups in total. The fourth-order valence-corrected chi connectivity index (χ4v) is 3.23. The smallest absolute Gasteiger partial charge is 0.272 e. The van der Waals surface area contributed by atoms with Gasteiger partial charge in [0.2, 0.25) is 0 Å². The van der Waals surface area contributed by atoms with Crippen molar-refractivity contribution in [1.29, 1.82) is 0 Å². The van der Waals surface area contributed by atoms with Gasteiger partial charge in [0.1, 0.15) is 11.5 Å². The zero-order chi connectivity index (χ0) is 17.4. The van der Waals surface area contributed by atoms with Gasteiger partial charge in [0, 0.05) is 28.2 Å². The van der Waals surface area contributed by atoms with E-state index in [0.717, 1.165) is 16.5 Å². The van der Waals surface area contributed by atoms with E-state index in [1.54, 1.807) is 6.07 Å². The fourth-order valence-electron chi connectivity index (χ4n) is 2.88. The molecule has 1 amide bonds. The zero-order valence-electron chi connectivity index (χ0n) is 13.2. The van der Waals surface area contributed by atoms with Crippen LogP contribution >= 0.6 is 23.2 Å². The Morgan fingerprint density at radius 2 is 1.96 bits per heavy atom. The van der Waals surface area contributed by atoms with Crippen LogP contribution in [0.25, 0.3) is 10.9 Å². The fraction of sp³-hybridized carbons (Fsp3) is 0.167. The highest BCUT2D eigenvalue weighted by molar-refractivity contribution is 6.31. The van der Waals surface area contributed by atoms with Crippen molar-refractivity contribution >= 4 is 45.7 Å². The largest absolute Gasteiger partial charge is 0.337 e. The van der Waals surface area contributed by atoms with Crippen LogP contribution in [0.3, 0.4) is 0 Å². The van der Waals surface area contributed by atoms with E-state index in [-0.39, 0.29) is 10.9 Å². The average Bonchev–Trinajstić information content (AvgIpc) is 2.83. The topological polar surface area (TPSA) is 34.0 Å². The Morgan fingerprint density at radius 3 is 2.62 bits per heavy atom. The number of hydrogen-bond acceptors (Lipinski definition) is 1. The molecule has 2 aromatic carbocycles. The Bertz CT molecular complexity index is 950. The summed E-state index contributed by atoms with van der Waals surface area (Å²) >= 11 is 11.8. The number of carbonyl (C=O) groups excluding carboxylic acids is 1. The van der Waals surface area contributed by atoms with Gasteiger partial charge in [-0.2, -0.15) is 0 Å². The first-order valence-corrected chi connectivity index (χ1v) is 8.22. The number of halogens is 3. The highest BCUT2D eigenvalue weighted by Crippen LogP contribution is 2.29. The number of anilines is 1. The van der Waals surface area contributed by atoms with Gasteiger partial charge in [-0.15, -0.1) is 0 Å². The van der Waals surface area contributed by atoms with E-state index in [9.17, 15) is 9.18 Å². The standard InChI is InChI=1S/C18H15Cl2FN2O/c1-3-23-16-7-4-11(19)8-13(16)10(2)17(23)18(24)22-12-5-6-15(21)14(20)9-12/h4-9H,3H2,1-2H3,(H,22,24). The molecule has 0 unspecified atom stereocenters. The van der Waals surface area contributed by atoms with Crippen LogP contribution in [0.2, 0.25) is 10.0 Å². The molecule has 0 saturated heterocycles. The Hall–Kier alpha value is -2.04. The van der Waals surface area contributed by atoms with Crippen molar-refractivity contribution in [2.75, 3.05) is 5.32 Å². The number of aryl methyl sites for hydroxylation is 2. The molecule has 0 bridgehead atoms. The van der Waals surface area contributed by atoms with E-state index >= 15 is 0 Å². The molecule has 124 valence electrons. The maximum atomic E-state index is 13.3. The third-order valence-electron chi connectivity index (χ3n) is 3.99. The van der Waals surface area contributed by atoms with E-state index in [1.807, 2.05) is 30.5 Å². The molecule has 0 radical (unpaired) electrons. The molecule has 24 heavy (non-hydrogen) atoms. The first-order chi connectivity index (χ1) is 11.4. The molecule has 3 nitrogen and oxygen atoms in total. The van der Waals surface area contributed by atoms with E-state index in [0.29, 0.717) is 22.9 Å². The van der Waals surface area contributed by atoms with E-state index in [1.165, 1.54) is 18.2 Å². The predicted octanol–water partition coefficient (Wildman–Crippen LogP) is 5.67. The maximum absolute atomic E-state index is 13.3.